The molecule has 1 N–H and O–H groups in total. The summed E-state index contributed by atoms with van der Waals surface area (Å²) in [6.07, 6.45) is -0.332. The van der Waals surface area contributed by atoms with Crippen LogP contribution in [0.5, 0.6) is 5.75 Å². The number of esters is 1. The lowest BCUT2D eigenvalue weighted by Gasteiger charge is -2.25. The van der Waals surface area contributed by atoms with Gasteiger partial charge in [-0.05, 0) is 38.1 Å². The normalized spacial score (nSPS) is 16.9. The maximum Gasteiger partial charge on any atom is 0.342 e. The van der Waals surface area contributed by atoms with E-state index in [1.54, 1.807) is 19.5 Å². The fourth-order valence-electron chi connectivity index (χ4n) is 2.60. The van der Waals surface area contributed by atoms with Gasteiger partial charge >= 0.3 is 5.97 Å². The van der Waals surface area contributed by atoms with Gasteiger partial charge in [0.15, 0.2) is 6.17 Å². The van der Waals surface area contributed by atoms with E-state index in [1.807, 2.05) is 36.6 Å². The number of nitrogens with one attached hydrogen (secondary N) is 1. The molecule has 1 unspecified atom stereocenters. The first kappa shape index (κ1) is 17.2. The van der Waals surface area contributed by atoms with Crippen molar-refractivity contribution >= 4 is 23.0 Å². The van der Waals surface area contributed by atoms with Gasteiger partial charge in [-0.15, -0.1) is 11.3 Å². The van der Waals surface area contributed by atoms with Crippen LogP contribution in [0, 0.1) is 0 Å². The molecule has 0 saturated carbocycles. The van der Waals surface area contributed by atoms with Gasteiger partial charge in [0.05, 0.1) is 30.6 Å². The molecule has 25 heavy (non-hydrogen) atoms. The van der Waals surface area contributed by atoms with Gasteiger partial charge in [0.25, 0.3) is 0 Å². The van der Waals surface area contributed by atoms with Crippen LogP contribution in [-0.2, 0) is 9.53 Å². The van der Waals surface area contributed by atoms with Crippen LogP contribution in [0.25, 0.3) is 0 Å². The lowest BCUT2D eigenvalue weighted by molar-refractivity contribution is -0.137. The van der Waals surface area contributed by atoms with E-state index in [2.05, 4.69) is 10.3 Å². The first-order valence-electron chi connectivity index (χ1n) is 7.89. The number of allylic oxidation sites excluding steroid dienone is 1. The molecule has 3 rings (SSSR count). The number of rotatable bonds is 5. The summed E-state index contributed by atoms with van der Waals surface area (Å²) in [5, 5.41) is 5.18. The molecule has 7 heteroatoms. The number of hydrogen-bond donors (Lipinski definition) is 1. The summed E-state index contributed by atoms with van der Waals surface area (Å²) in [4.78, 5) is 21.5. The SMILES string of the molecule is CCOC(=O)C1=C(C)NC(c2cscn2)N=C1c1ccc(OC)cc1. The highest BCUT2D eigenvalue weighted by atomic mass is 32.1. The van der Waals surface area contributed by atoms with Gasteiger partial charge in [0, 0.05) is 16.6 Å². The summed E-state index contributed by atoms with van der Waals surface area (Å²) in [5.41, 5.74) is 5.16. The van der Waals surface area contributed by atoms with Crippen LogP contribution >= 0.6 is 11.3 Å². The van der Waals surface area contributed by atoms with Gasteiger partial charge in [-0.25, -0.2) is 9.78 Å². The molecule has 0 aliphatic carbocycles. The zero-order valence-electron chi connectivity index (χ0n) is 14.3. The van der Waals surface area contributed by atoms with Crippen molar-refractivity contribution in [2.75, 3.05) is 13.7 Å². The molecule has 0 bridgehead atoms. The molecule has 6 nitrogen and oxygen atoms in total. The standard InChI is InChI=1S/C18H19N3O3S/c1-4-24-18(22)15-11(2)20-17(14-9-25-10-19-14)21-16(15)12-5-7-13(23-3)8-6-12/h5-10,17,20H,4H2,1-3H3. The van der Waals surface area contributed by atoms with Crippen LogP contribution in [0.4, 0.5) is 0 Å². The molecule has 2 aromatic rings. The zero-order valence-corrected chi connectivity index (χ0v) is 15.1. The molecule has 0 fully saturated rings. The summed E-state index contributed by atoms with van der Waals surface area (Å²) < 4.78 is 10.4. The van der Waals surface area contributed by atoms with E-state index in [9.17, 15) is 4.79 Å². The number of aromatic nitrogens is 1. The minimum Gasteiger partial charge on any atom is -0.497 e. The lowest BCUT2D eigenvalue weighted by atomic mass is 9.98. The Kier molecular flexibility index (Phi) is 5.14. The van der Waals surface area contributed by atoms with Crippen molar-refractivity contribution in [2.24, 2.45) is 4.99 Å². The van der Waals surface area contributed by atoms with Crippen molar-refractivity contribution in [1.29, 1.82) is 0 Å². The number of nitrogens with zero attached hydrogens (tertiary/aromatic N) is 2. The quantitative estimate of drug-likeness (QED) is 0.833. The number of aliphatic imine (C=N–C) groups is 1. The maximum atomic E-state index is 12.5. The third kappa shape index (κ3) is 3.56. The maximum absolute atomic E-state index is 12.5. The highest BCUT2D eigenvalue weighted by Gasteiger charge is 2.29. The van der Waals surface area contributed by atoms with Crippen molar-refractivity contribution in [3.8, 4) is 5.75 Å². The third-order valence-electron chi connectivity index (χ3n) is 3.80. The van der Waals surface area contributed by atoms with Crippen molar-refractivity contribution < 1.29 is 14.3 Å². The monoisotopic (exact) mass is 357 g/mol. The first-order valence-corrected chi connectivity index (χ1v) is 8.83. The molecule has 1 aromatic carbocycles. The minimum atomic E-state index is -0.390. The van der Waals surface area contributed by atoms with Gasteiger partial charge in [-0.1, -0.05) is 0 Å². The van der Waals surface area contributed by atoms with Crippen LogP contribution in [0.2, 0.25) is 0 Å². The Labute approximate surface area is 150 Å². The van der Waals surface area contributed by atoms with Crippen LogP contribution in [-0.4, -0.2) is 30.4 Å². The highest BCUT2D eigenvalue weighted by Crippen LogP contribution is 2.27. The zero-order chi connectivity index (χ0) is 17.8. The van der Waals surface area contributed by atoms with Crippen LogP contribution in [0.3, 0.4) is 0 Å². The lowest BCUT2D eigenvalue weighted by Crippen LogP contribution is -2.32. The Bertz CT molecular complexity index is 811. The predicted octanol–water partition coefficient (Wildman–Crippen LogP) is 3.08. The Balaban J connectivity index is 2.05. The Morgan fingerprint density at radius 2 is 2.08 bits per heavy atom. The molecule has 2 heterocycles. The number of thiazole rings is 1. The summed E-state index contributed by atoms with van der Waals surface area (Å²) in [5.74, 6) is 0.353. The number of carbonyl (C=O) groups is 1. The van der Waals surface area contributed by atoms with Crippen molar-refractivity contribution in [2.45, 2.75) is 20.0 Å². The molecule has 1 aliphatic rings. The second-order valence-corrected chi connectivity index (χ2v) is 6.11. The Morgan fingerprint density at radius 3 is 2.68 bits per heavy atom. The molecule has 130 valence electrons. The Hall–Kier alpha value is -2.67. The van der Waals surface area contributed by atoms with E-state index >= 15 is 0 Å². The molecule has 1 aliphatic heterocycles. The van der Waals surface area contributed by atoms with Crippen molar-refractivity contribution in [3.63, 3.8) is 0 Å². The molecule has 0 amide bonds. The molecular weight excluding hydrogens is 338 g/mol. The number of ether oxygens (including phenoxy) is 2. The van der Waals surface area contributed by atoms with Crippen LogP contribution < -0.4 is 10.1 Å². The van der Waals surface area contributed by atoms with E-state index < -0.39 is 5.97 Å². The minimum absolute atomic E-state index is 0.307. The van der Waals surface area contributed by atoms with E-state index in [1.165, 1.54) is 11.3 Å². The second-order valence-electron chi connectivity index (χ2n) is 5.39. The van der Waals surface area contributed by atoms with Gasteiger partial charge in [-0.2, -0.15) is 0 Å². The molecule has 1 aromatic heterocycles. The number of methoxy groups -OCH3 is 1. The average Bonchev–Trinajstić information content (AvgIpc) is 3.16. The van der Waals surface area contributed by atoms with E-state index in [-0.39, 0.29) is 6.17 Å². The summed E-state index contributed by atoms with van der Waals surface area (Å²) >= 11 is 1.51. The number of benzene rings is 1. The molecule has 0 spiro atoms. The van der Waals surface area contributed by atoms with E-state index in [0.717, 1.165) is 22.7 Å². The van der Waals surface area contributed by atoms with Gasteiger partial charge in [-0.3, -0.25) is 4.99 Å². The van der Waals surface area contributed by atoms with Crippen LogP contribution in [0.1, 0.15) is 31.3 Å². The van der Waals surface area contributed by atoms with Crippen LogP contribution in [0.15, 0.2) is 51.4 Å². The second kappa shape index (κ2) is 7.48. The molecular formula is C18H19N3O3S. The first-order chi connectivity index (χ1) is 12.1. The van der Waals surface area contributed by atoms with Gasteiger partial charge < -0.3 is 14.8 Å². The van der Waals surface area contributed by atoms with Gasteiger partial charge in [0.2, 0.25) is 0 Å². The Morgan fingerprint density at radius 1 is 1.32 bits per heavy atom. The average molecular weight is 357 g/mol. The van der Waals surface area contributed by atoms with E-state index in [0.29, 0.717) is 17.9 Å². The molecule has 0 radical (unpaired) electrons. The number of carbonyl (C=O) groups excluding carboxylic acids is 1. The fraction of sp³-hybridized carbons (Fsp3) is 0.278. The third-order valence-corrected chi connectivity index (χ3v) is 4.40. The van der Waals surface area contributed by atoms with Crippen molar-refractivity contribution in [1.82, 2.24) is 10.3 Å². The molecule has 1 atom stereocenters. The summed E-state index contributed by atoms with van der Waals surface area (Å²) in [7, 11) is 1.61. The van der Waals surface area contributed by atoms with Gasteiger partial charge in [0.1, 0.15) is 11.3 Å². The summed E-state index contributed by atoms with van der Waals surface area (Å²) in [6.45, 7) is 3.94. The number of hydrogen-bond acceptors (Lipinski definition) is 7. The topological polar surface area (TPSA) is 72.8 Å². The highest BCUT2D eigenvalue weighted by molar-refractivity contribution is 7.07. The largest absolute Gasteiger partial charge is 0.497 e. The van der Waals surface area contributed by atoms with Crippen molar-refractivity contribution in [3.05, 3.63) is 57.7 Å². The molecule has 0 saturated heterocycles. The van der Waals surface area contributed by atoms with E-state index in [4.69, 9.17) is 14.5 Å². The smallest absolute Gasteiger partial charge is 0.342 e. The predicted molar refractivity (Wildman–Crippen MR) is 96.9 cm³/mol. The fourth-order valence-corrected chi connectivity index (χ4v) is 3.17. The summed E-state index contributed by atoms with van der Waals surface area (Å²) in [6, 6.07) is 7.45.